The monoisotopic (exact) mass is 310 g/mol. The smallest absolute Gasteiger partial charge is 0.147 e. The van der Waals surface area contributed by atoms with Crippen LogP contribution in [0.3, 0.4) is 0 Å². The quantitative estimate of drug-likeness (QED) is 0.924. The van der Waals surface area contributed by atoms with Crippen molar-refractivity contribution in [1.29, 1.82) is 0 Å². The molecule has 3 nitrogen and oxygen atoms in total. The van der Waals surface area contributed by atoms with E-state index in [4.69, 9.17) is 28.3 Å². The van der Waals surface area contributed by atoms with E-state index >= 15 is 0 Å². The molecule has 0 radical (unpaired) electrons. The van der Waals surface area contributed by atoms with E-state index in [-0.39, 0.29) is 12.6 Å². The third-order valence-electron chi connectivity index (χ3n) is 3.31. The number of aromatic nitrogens is 1. The number of aliphatic hydroxyl groups excluding tert-OH is 1. The van der Waals surface area contributed by atoms with Gasteiger partial charge in [0.1, 0.15) is 5.82 Å². The Kier molecular flexibility index (Phi) is 4.86. The highest BCUT2D eigenvalue weighted by molar-refractivity contribution is 6.33. The second-order valence-corrected chi connectivity index (χ2v) is 5.49. The van der Waals surface area contributed by atoms with Gasteiger partial charge in [-0.2, -0.15) is 0 Å². The Bertz CT molecular complexity index is 604. The van der Waals surface area contributed by atoms with E-state index in [0.29, 0.717) is 21.4 Å². The van der Waals surface area contributed by atoms with Gasteiger partial charge in [0.25, 0.3) is 0 Å². The molecule has 0 bridgehead atoms. The van der Waals surface area contributed by atoms with Crippen LogP contribution in [0.2, 0.25) is 10.0 Å². The van der Waals surface area contributed by atoms with Crippen LogP contribution in [-0.2, 0) is 6.61 Å². The molecule has 0 aliphatic carbocycles. The molecule has 0 saturated carbocycles. The normalized spacial score (nSPS) is 12.2. The molecule has 1 unspecified atom stereocenters. The van der Waals surface area contributed by atoms with Gasteiger partial charge in [0, 0.05) is 18.3 Å². The van der Waals surface area contributed by atoms with Crippen LogP contribution < -0.4 is 4.90 Å². The Morgan fingerprint density at radius 2 is 2.05 bits per heavy atom. The van der Waals surface area contributed by atoms with Crippen LogP contribution >= 0.6 is 23.2 Å². The molecular formula is C15H16Cl2N2O. The molecule has 0 aliphatic heterocycles. The summed E-state index contributed by atoms with van der Waals surface area (Å²) in [6.07, 6.45) is 1.63. The van der Waals surface area contributed by atoms with Gasteiger partial charge in [-0.05, 0) is 36.2 Å². The molecule has 20 heavy (non-hydrogen) atoms. The van der Waals surface area contributed by atoms with Crippen LogP contribution in [0.1, 0.15) is 24.1 Å². The third-order valence-corrected chi connectivity index (χ3v) is 3.82. The fourth-order valence-electron chi connectivity index (χ4n) is 1.99. The van der Waals surface area contributed by atoms with Crippen LogP contribution in [0.15, 0.2) is 36.5 Å². The number of halogens is 2. The molecule has 0 amide bonds. The van der Waals surface area contributed by atoms with Crippen molar-refractivity contribution in [1.82, 2.24) is 4.98 Å². The zero-order valence-corrected chi connectivity index (χ0v) is 12.9. The first-order valence-corrected chi connectivity index (χ1v) is 7.02. The lowest BCUT2D eigenvalue weighted by Crippen LogP contribution is -2.23. The summed E-state index contributed by atoms with van der Waals surface area (Å²) in [6.45, 7) is 1.99. The first-order chi connectivity index (χ1) is 9.52. The van der Waals surface area contributed by atoms with Gasteiger partial charge in [0.05, 0.1) is 17.7 Å². The molecule has 2 aromatic rings. The zero-order chi connectivity index (χ0) is 14.7. The fraction of sp³-hybridized carbons (Fsp3) is 0.267. The van der Waals surface area contributed by atoms with E-state index in [2.05, 4.69) is 11.9 Å². The van der Waals surface area contributed by atoms with Gasteiger partial charge in [0.2, 0.25) is 0 Å². The SMILES string of the molecule is CC(c1cccc(Cl)c1)N(C)c1ncc(CO)cc1Cl. The van der Waals surface area contributed by atoms with Crippen molar-refractivity contribution >= 4 is 29.0 Å². The Morgan fingerprint density at radius 3 is 2.65 bits per heavy atom. The highest BCUT2D eigenvalue weighted by Crippen LogP contribution is 2.30. The van der Waals surface area contributed by atoms with E-state index in [1.54, 1.807) is 12.3 Å². The Balaban J connectivity index is 2.28. The van der Waals surface area contributed by atoms with Gasteiger partial charge in [-0.3, -0.25) is 0 Å². The molecule has 1 heterocycles. The fourth-order valence-corrected chi connectivity index (χ4v) is 2.51. The van der Waals surface area contributed by atoms with E-state index in [1.165, 1.54) is 0 Å². The summed E-state index contributed by atoms with van der Waals surface area (Å²) in [5, 5.41) is 10.3. The average Bonchev–Trinajstić information content (AvgIpc) is 2.45. The molecule has 0 fully saturated rings. The number of rotatable bonds is 4. The molecule has 5 heteroatoms. The molecule has 0 spiro atoms. The van der Waals surface area contributed by atoms with E-state index in [1.807, 2.05) is 36.2 Å². The number of aliphatic hydroxyl groups is 1. The van der Waals surface area contributed by atoms with Gasteiger partial charge >= 0.3 is 0 Å². The molecule has 1 atom stereocenters. The van der Waals surface area contributed by atoms with Gasteiger partial charge in [-0.1, -0.05) is 35.3 Å². The molecule has 0 saturated heterocycles. The van der Waals surface area contributed by atoms with Crippen molar-refractivity contribution in [2.75, 3.05) is 11.9 Å². The number of pyridine rings is 1. The summed E-state index contributed by atoms with van der Waals surface area (Å²) in [5.74, 6) is 0.677. The number of hydrogen-bond donors (Lipinski definition) is 1. The van der Waals surface area contributed by atoms with Gasteiger partial charge in [-0.15, -0.1) is 0 Å². The van der Waals surface area contributed by atoms with Crippen molar-refractivity contribution in [3.63, 3.8) is 0 Å². The molecule has 0 aliphatic rings. The molecule has 1 aromatic heterocycles. The number of hydrogen-bond acceptors (Lipinski definition) is 3. The number of anilines is 1. The first kappa shape index (κ1) is 15.1. The summed E-state index contributed by atoms with van der Waals surface area (Å²) < 4.78 is 0. The Hall–Kier alpha value is -1.29. The summed E-state index contributed by atoms with van der Waals surface area (Å²) >= 11 is 12.2. The van der Waals surface area contributed by atoms with Crippen molar-refractivity contribution in [3.8, 4) is 0 Å². The van der Waals surface area contributed by atoms with Crippen LogP contribution in [0.4, 0.5) is 5.82 Å². The summed E-state index contributed by atoms with van der Waals surface area (Å²) in [6, 6.07) is 9.52. The molecular weight excluding hydrogens is 295 g/mol. The largest absolute Gasteiger partial charge is 0.392 e. The van der Waals surface area contributed by atoms with Crippen molar-refractivity contribution in [2.24, 2.45) is 0 Å². The van der Waals surface area contributed by atoms with Gasteiger partial charge in [0.15, 0.2) is 0 Å². The van der Waals surface area contributed by atoms with Gasteiger partial charge < -0.3 is 10.0 Å². The minimum atomic E-state index is -0.0689. The van der Waals surface area contributed by atoms with Crippen LogP contribution in [0, 0.1) is 0 Å². The topological polar surface area (TPSA) is 36.4 Å². The minimum absolute atomic E-state index is 0.0689. The minimum Gasteiger partial charge on any atom is -0.392 e. The summed E-state index contributed by atoms with van der Waals surface area (Å²) in [5.41, 5.74) is 1.78. The standard InChI is InChI=1S/C15H16Cl2N2O/c1-10(12-4-3-5-13(16)7-12)19(2)15-14(17)6-11(9-20)8-18-15/h3-8,10,20H,9H2,1-2H3. The highest BCUT2D eigenvalue weighted by atomic mass is 35.5. The summed E-state index contributed by atoms with van der Waals surface area (Å²) in [4.78, 5) is 6.30. The number of benzene rings is 1. The zero-order valence-electron chi connectivity index (χ0n) is 11.3. The predicted octanol–water partition coefficient (Wildman–Crippen LogP) is 4.08. The second-order valence-electron chi connectivity index (χ2n) is 4.65. The molecule has 106 valence electrons. The Labute approximate surface area is 128 Å². The van der Waals surface area contributed by atoms with Crippen LogP contribution in [-0.4, -0.2) is 17.1 Å². The van der Waals surface area contributed by atoms with Crippen LogP contribution in [0.25, 0.3) is 0 Å². The maximum absolute atomic E-state index is 9.08. The van der Waals surface area contributed by atoms with E-state index in [9.17, 15) is 0 Å². The highest BCUT2D eigenvalue weighted by Gasteiger charge is 2.16. The molecule has 1 aromatic carbocycles. The number of nitrogens with zero attached hydrogens (tertiary/aromatic N) is 2. The summed E-state index contributed by atoms with van der Waals surface area (Å²) in [7, 11) is 1.93. The van der Waals surface area contributed by atoms with E-state index in [0.717, 1.165) is 5.56 Å². The lowest BCUT2D eigenvalue weighted by Gasteiger charge is -2.27. The maximum Gasteiger partial charge on any atom is 0.147 e. The predicted molar refractivity (Wildman–Crippen MR) is 83.4 cm³/mol. The lowest BCUT2D eigenvalue weighted by atomic mass is 10.1. The maximum atomic E-state index is 9.08. The third kappa shape index (κ3) is 3.23. The first-order valence-electron chi connectivity index (χ1n) is 6.26. The Morgan fingerprint density at radius 1 is 1.30 bits per heavy atom. The van der Waals surface area contributed by atoms with E-state index < -0.39 is 0 Å². The molecule has 1 N–H and O–H groups in total. The van der Waals surface area contributed by atoms with Crippen LogP contribution in [0.5, 0.6) is 0 Å². The average molecular weight is 311 g/mol. The van der Waals surface area contributed by atoms with Gasteiger partial charge in [-0.25, -0.2) is 4.98 Å². The van der Waals surface area contributed by atoms with Crippen molar-refractivity contribution in [3.05, 3.63) is 57.7 Å². The van der Waals surface area contributed by atoms with Crippen molar-refractivity contribution in [2.45, 2.75) is 19.6 Å². The lowest BCUT2D eigenvalue weighted by molar-refractivity contribution is 0.281. The molecule has 2 rings (SSSR count). The second kappa shape index (κ2) is 6.44. The van der Waals surface area contributed by atoms with Crippen molar-refractivity contribution < 1.29 is 5.11 Å².